The maximum atomic E-state index is 13.0. The first-order valence-corrected chi connectivity index (χ1v) is 10.7. The first kappa shape index (κ1) is 23.7. The number of aromatic nitrogens is 1. The zero-order valence-corrected chi connectivity index (χ0v) is 19.0. The highest BCUT2D eigenvalue weighted by Crippen LogP contribution is 2.17. The number of rotatable bonds is 10. The Balaban J connectivity index is 1.68. The summed E-state index contributed by atoms with van der Waals surface area (Å²) in [6.07, 6.45) is 3.69. The van der Waals surface area contributed by atoms with Crippen molar-refractivity contribution in [3.63, 3.8) is 0 Å². The summed E-state index contributed by atoms with van der Waals surface area (Å²) >= 11 is 0. The molecule has 0 spiro atoms. The Morgan fingerprint density at radius 2 is 1.91 bits per heavy atom. The van der Waals surface area contributed by atoms with Gasteiger partial charge in [-0.1, -0.05) is 18.2 Å². The van der Waals surface area contributed by atoms with Gasteiger partial charge in [-0.15, -0.1) is 6.58 Å². The lowest BCUT2D eigenvalue weighted by Crippen LogP contribution is -2.35. The highest BCUT2D eigenvalue weighted by molar-refractivity contribution is 5.92. The minimum absolute atomic E-state index is 0.257. The van der Waals surface area contributed by atoms with Crippen LogP contribution in [0.25, 0.3) is 0 Å². The molecule has 0 saturated carbocycles. The highest BCUT2D eigenvalue weighted by atomic mass is 16.5. The third-order valence-electron chi connectivity index (χ3n) is 5.05. The predicted octanol–water partition coefficient (Wildman–Crippen LogP) is 4.94. The van der Waals surface area contributed by atoms with Gasteiger partial charge in [0.25, 0.3) is 0 Å². The molecule has 7 nitrogen and oxygen atoms in total. The van der Waals surface area contributed by atoms with Gasteiger partial charge in [-0.2, -0.15) is 0 Å². The van der Waals surface area contributed by atoms with E-state index in [-0.39, 0.29) is 12.0 Å². The Morgan fingerprint density at radius 1 is 1.12 bits per heavy atom. The summed E-state index contributed by atoms with van der Waals surface area (Å²) < 4.78 is 12.4. The summed E-state index contributed by atoms with van der Waals surface area (Å²) in [6.45, 7) is 7.32. The van der Waals surface area contributed by atoms with Gasteiger partial charge < -0.3 is 24.3 Å². The van der Waals surface area contributed by atoms with Crippen LogP contribution >= 0.6 is 0 Å². The molecule has 0 bridgehead atoms. The number of esters is 1. The number of ether oxygens (including phenoxy) is 2. The molecule has 3 aromatic rings. The van der Waals surface area contributed by atoms with Crippen LogP contribution in [0.4, 0.5) is 10.5 Å². The Hall–Kier alpha value is -4.00. The van der Waals surface area contributed by atoms with Crippen molar-refractivity contribution in [3.05, 3.63) is 96.3 Å². The Labute approximate surface area is 194 Å². The molecule has 3 rings (SSSR count). The molecule has 0 aliphatic rings. The van der Waals surface area contributed by atoms with Crippen LogP contribution in [0, 0.1) is 0 Å². The maximum Gasteiger partial charge on any atom is 0.338 e. The fourth-order valence-corrected chi connectivity index (χ4v) is 3.39. The van der Waals surface area contributed by atoms with Gasteiger partial charge in [0.1, 0.15) is 5.75 Å². The van der Waals surface area contributed by atoms with E-state index in [1.165, 1.54) is 0 Å². The lowest BCUT2D eigenvalue weighted by Gasteiger charge is -2.23. The van der Waals surface area contributed by atoms with Crippen LogP contribution in [0.2, 0.25) is 0 Å². The molecule has 0 radical (unpaired) electrons. The summed E-state index contributed by atoms with van der Waals surface area (Å²) in [7, 11) is 1.65. The summed E-state index contributed by atoms with van der Waals surface area (Å²) in [5, 5.41) is 2.88. The number of benzene rings is 2. The predicted molar refractivity (Wildman–Crippen MR) is 129 cm³/mol. The van der Waals surface area contributed by atoms with E-state index in [1.807, 2.05) is 42.6 Å². The fourth-order valence-electron chi connectivity index (χ4n) is 3.39. The smallest absolute Gasteiger partial charge is 0.338 e. The molecule has 1 heterocycles. The van der Waals surface area contributed by atoms with Crippen LogP contribution in [-0.2, 0) is 17.8 Å². The molecular weight excluding hydrogens is 418 g/mol. The van der Waals surface area contributed by atoms with Crippen molar-refractivity contribution in [2.24, 2.45) is 0 Å². The second-order valence-corrected chi connectivity index (χ2v) is 7.38. The molecule has 0 fully saturated rings. The molecule has 172 valence electrons. The van der Waals surface area contributed by atoms with Gasteiger partial charge in [0.15, 0.2) is 0 Å². The van der Waals surface area contributed by atoms with E-state index in [2.05, 4.69) is 16.5 Å². The Kier molecular flexibility index (Phi) is 8.30. The summed E-state index contributed by atoms with van der Waals surface area (Å²) in [6, 6.07) is 18.2. The van der Waals surface area contributed by atoms with E-state index in [1.54, 1.807) is 49.3 Å². The largest absolute Gasteiger partial charge is 0.497 e. The van der Waals surface area contributed by atoms with Gasteiger partial charge in [-0.25, -0.2) is 9.59 Å². The van der Waals surface area contributed by atoms with E-state index in [4.69, 9.17) is 9.47 Å². The summed E-state index contributed by atoms with van der Waals surface area (Å²) in [4.78, 5) is 26.4. The number of amides is 2. The van der Waals surface area contributed by atoms with Crippen LogP contribution in [0.3, 0.4) is 0 Å². The van der Waals surface area contributed by atoms with Crippen molar-refractivity contribution in [2.45, 2.75) is 20.0 Å². The van der Waals surface area contributed by atoms with Gasteiger partial charge in [-0.05, 0) is 61.0 Å². The molecule has 1 N–H and O–H groups in total. The van der Waals surface area contributed by atoms with E-state index >= 15 is 0 Å². The van der Waals surface area contributed by atoms with E-state index in [9.17, 15) is 9.59 Å². The van der Waals surface area contributed by atoms with Crippen LogP contribution in [0.15, 0.2) is 79.5 Å². The zero-order valence-electron chi connectivity index (χ0n) is 19.0. The van der Waals surface area contributed by atoms with Crippen molar-refractivity contribution >= 4 is 17.7 Å². The SMILES string of the molecule is C=CCN(Cc1cccn1Cc1cccc(OC)c1)C(=O)Nc1ccc(C(=O)OCC)cc1. The molecule has 1 aromatic heterocycles. The molecule has 2 amide bonds. The first-order valence-electron chi connectivity index (χ1n) is 10.7. The topological polar surface area (TPSA) is 72.8 Å². The third-order valence-corrected chi connectivity index (χ3v) is 5.05. The van der Waals surface area contributed by atoms with E-state index in [0.29, 0.717) is 37.5 Å². The van der Waals surface area contributed by atoms with Gasteiger partial charge in [0.2, 0.25) is 0 Å². The lowest BCUT2D eigenvalue weighted by molar-refractivity contribution is 0.0526. The molecule has 0 aliphatic carbocycles. The number of anilines is 1. The Bertz CT molecular complexity index is 1090. The van der Waals surface area contributed by atoms with Crippen LogP contribution in [0.5, 0.6) is 5.75 Å². The van der Waals surface area contributed by atoms with Crippen molar-refractivity contribution in [3.8, 4) is 5.75 Å². The van der Waals surface area contributed by atoms with Crippen molar-refractivity contribution in [2.75, 3.05) is 25.6 Å². The number of hydrogen-bond donors (Lipinski definition) is 1. The Morgan fingerprint density at radius 3 is 2.61 bits per heavy atom. The number of urea groups is 1. The molecule has 7 heteroatoms. The van der Waals surface area contributed by atoms with Crippen molar-refractivity contribution in [1.29, 1.82) is 0 Å². The molecule has 0 saturated heterocycles. The lowest BCUT2D eigenvalue weighted by atomic mass is 10.2. The van der Waals surface area contributed by atoms with Crippen molar-refractivity contribution < 1.29 is 19.1 Å². The molecule has 33 heavy (non-hydrogen) atoms. The second-order valence-electron chi connectivity index (χ2n) is 7.38. The van der Waals surface area contributed by atoms with Gasteiger partial charge in [-0.3, -0.25) is 0 Å². The van der Waals surface area contributed by atoms with Crippen molar-refractivity contribution in [1.82, 2.24) is 9.47 Å². The first-order chi connectivity index (χ1) is 16.0. The molecular formula is C26H29N3O4. The quantitative estimate of drug-likeness (QED) is 0.353. The number of carbonyl (C=O) groups excluding carboxylic acids is 2. The molecule has 0 aliphatic heterocycles. The summed E-state index contributed by atoms with van der Waals surface area (Å²) in [5.74, 6) is 0.420. The normalized spacial score (nSPS) is 10.4. The standard InChI is InChI=1S/C26H29N3O4/c1-4-15-29(26(31)27-22-13-11-21(12-14-22)25(30)33-5-2)19-23-9-7-16-28(23)18-20-8-6-10-24(17-20)32-3/h4,6-14,16-17H,1,5,15,18-19H2,2-3H3,(H,27,31). The van der Waals surface area contributed by atoms with E-state index in [0.717, 1.165) is 17.0 Å². The van der Waals surface area contributed by atoms with Gasteiger partial charge in [0.05, 0.1) is 25.8 Å². The average molecular weight is 448 g/mol. The third kappa shape index (κ3) is 6.49. The van der Waals surface area contributed by atoms with Crippen LogP contribution in [0.1, 0.15) is 28.5 Å². The van der Waals surface area contributed by atoms with Crippen LogP contribution in [-0.4, -0.2) is 41.7 Å². The number of nitrogens with zero attached hydrogens (tertiary/aromatic N) is 2. The monoisotopic (exact) mass is 447 g/mol. The van der Waals surface area contributed by atoms with Crippen LogP contribution < -0.4 is 10.1 Å². The highest BCUT2D eigenvalue weighted by Gasteiger charge is 2.16. The number of hydrogen-bond acceptors (Lipinski definition) is 4. The van der Waals surface area contributed by atoms with Gasteiger partial charge in [0, 0.05) is 30.7 Å². The number of methoxy groups -OCH3 is 1. The number of nitrogens with one attached hydrogen (secondary N) is 1. The molecule has 0 atom stereocenters. The van der Waals surface area contributed by atoms with Gasteiger partial charge >= 0.3 is 12.0 Å². The molecule has 0 unspecified atom stereocenters. The number of carbonyl (C=O) groups is 2. The fraction of sp³-hybridized carbons (Fsp3) is 0.231. The molecule has 2 aromatic carbocycles. The minimum Gasteiger partial charge on any atom is -0.497 e. The van der Waals surface area contributed by atoms with E-state index < -0.39 is 0 Å². The minimum atomic E-state index is -0.388. The maximum absolute atomic E-state index is 13.0. The second kappa shape index (κ2) is 11.6. The average Bonchev–Trinajstić information content (AvgIpc) is 3.26. The summed E-state index contributed by atoms with van der Waals surface area (Å²) in [5.41, 5.74) is 3.13. The zero-order chi connectivity index (χ0) is 23.6.